The Morgan fingerprint density at radius 1 is 1.24 bits per heavy atom. The number of methoxy groups -OCH3 is 1. The number of ether oxygens (including phenoxy) is 1. The minimum atomic E-state index is -1.32. The van der Waals surface area contributed by atoms with Crippen molar-refractivity contribution in [3.63, 3.8) is 0 Å². The second-order valence-corrected chi connectivity index (χ2v) is 9.71. The number of halogens is 1. The summed E-state index contributed by atoms with van der Waals surface area (Å²) in [6, 6.07) is 10.7. The van der Waals surface area contributed by atoms with E-state index in [1.54, 1.807) is 31.7 Å². The van der Waals surface area contributed by atoms with Crippen LogP contribution in [0.2, 0.25) is 0 Å². The first kappa shape index (κ1) is 24.7. The molecule has 1 N–H and O–H groups in total. The molecule has 0 amide bonds. The van der Waals surface area contributed by atoms with Crippen LogP contribution in [0.1, 0.15) is 19.8 Å². The Kier molecular flexibility index (Phi) is 8.20. The number of aromatic nitrogens is 3. The molecule has 4 rings (SSSR count). The largest absolute Gasteiger partial charge is 0.609 e. The van der Waals surface area contributed by atoms with Gasteiger partial charge in [0.25, 0.3) is 0 Å². The summed E-state index contributed by atoms with van der Waals surface area (Å²) in [5.41, 5.74) is 3.13. The maximum absolute atomic E-state index is 13.6. The molecule has 2 unspecified atom stereocenters. The van der Waals surface area contributed by atoms with Crippen LogP contribution in [0.25, 0.3) is 22.5 Å². The molecule has 0 spiro atoms. The molecule has 0 radical (unpaired) electrons. The summed E-state index contributed by atoms with van der Waals surface area (Å²) in [6.45, 7) is 6.17. The lowest BCUT2D eigenvalue weighted by Gasteiger charge is -2.23. The Balaban J connectivity index is 1.73. The van der Waals surface area contributed by atoms with E-state index in [1.807, 2.05) is 16.7 Å². The highest BCUT2D eigenvalue weighted by Crippen LogP contribution is 2.35. The van der Waals surface area contributed by atoms with Crippen molar-refractivity contribution in [1.29, 1.82) is 0 Å². The number of anilines is 1. The van der Waals surface area contributed by atoms with E-state index in [1.165, 1.54) is 25.0 Å². The number of rotatable bonds is 10. The minimum absolute atomic E-state index is 0.313. The Morgan fingerprint density at radius 3 is 2.74 bits per heavy atom. The van der Waals surface area contributed by atoms with Gasteiger partial charge in [-0.2, -0.15) is 4.98 Å². The van der Waals surface area contributed by atoms with Crippen molar-refractivity contribution >= 4 is 17.0 Å². The highest BCUT2D eigenvalue weighted by Gasteiger charge is 2.26. The fourth-order valence-electron chi connectivity index (χ4n) is 4.58. The van der Waals surface area contributed by atoms with E-state index in [0.717, 1.165) is 42.3 Å². The molecule has 0 saturated carbocycles. The Labute approximate surface area is 203 Å². The predicted octanol–water partition coefficient (Wildman–Crippen LogP) is 4.03. The molecule has 0 bridgehead atoms. The normalized spacial score (nSPS) is 17.3. The first-order valence-corrected chi connectivity index (χ1v) is 13.2. The summed E-state index contributed by atoms with van der Waals surface area (Å²) in [7, 11) is 1.64. The van der Waals surface area contributed by atoms with Crippen LogP contribution in [0.5, 0.6) is 0 Å². The van der Waals surface area contributed by atoms with Crippen LogP contribution in [0, 0.1) is 5.82 Å². The van der Waals surface area contributed by atoms with Crippen LogP contribution in [0.15, 0.2) is 47.8 Å². The zero-order valence-corrected chi connectivity index (χ0v) is 20.8. The number of benzene rings is 1. The van der Waals surface area contributed by atoms with Crippen molar-refractivity contribution < 1.29 is 13.7 Å². The number of imidazole rings is 1. The van der Waals surface area contributed by atoms with Crippen LogP contribution in [-0.2, 0) is 22.5 Å². The van der Waals surface area contributed by atoms with Gasteiger partial charge in [-0.3, -0.25) is 9.47 Å². The van der Waals surface area contributed by atoms with Crippen molar-refractivity contribution in [3.8, 4) is 22.5 Å². The van der Waals surface area contributed by atoms with E-state index < -0.39 is 11.2 Å². The third-order valence-electron chi connectivity index (χ3n) is 6.28. The van der Waals surface area contributed by atoms with Gasteiger partial charge in [0.2, 0.25) is 0 Å². The maximum atomic E-state index is 13.6. The number of nitrogens with one attached hydrogen (secondary N) is 1. The fraction of sp³-hybridized carbons (Fsp3) is 0.440. The third-order valence-corrected chi connectivity index (χ3v) is 7.11. The van der Waals surface area contributed by atoms with Crippen LogP contribution in [0.3, 0.4) is 0 Å². The average Bonchev–Trinajstić information content (AvgIpc) is 3.46. The number of likely N-dealkylation sites (N-methyl/N-ethyl adjacent to an activating group) is 1. The van der Waals surface area contributed by atoms with E-state index in [9.17, 15) is 8.94 Å². The summed E-state index contributed by atoms with van der Waals surface area (Å²) in [5.74, 6) is 0.469. The summed E-state index contributed by atoms with van der Waals surface area (Å²) >= 11 is -1.32. The van der Waals surface area contributed by atoms with Crippen LogP contribution in [0.4, 0.5) is 10.2 Å². The molecule has 1 aromatic carbocycles. The molecule has 2 atom stereocenters. The highest BCUT2D eigenvalue weighted by atomic mass is 32.2. The van der Waals surface area contributed by atoms with E-state index in [-0.39, 0.29) is 5.82 Å². The standard InChI is InChI=1S/C25H32FN5O2S/c1-4-30-13-5-6-21(30)17-28-22-16-19(11-12-27-22)24-23(18-7-9-20(26)10-8-18)29-25(34(3)32)31(24)14-15-33-2/h7-12,16,21H,4-6,13-15,17H2,1-3H3,(H,27,28). The first-order valence-electron chi connectivity index (χ1n) is 11.6. The molecular formula is C25H32FN5O2S. The summed E-state index contributed by atoms with van der Waals surface area (Å²) in [4.78, 5) is 11.8. The second-order valence-electron chi connectivity index (χ2n) is 8.43. The summed E-state index contributed by atoms with van der Waals surface area (Å²) < 4.78 is 33.5. The lowest BCUT2D eigenvalue weighted by Crippen LogP contribution is -2.34. The van der Waals surface area contributed by atoms with Gasteiger partial charge in [0, 0.05) is 48.2 Å². The summed E-state index contributed by atoms with van der Waals surface area (Å²) in [5, 5.41) is 3.96. The lowest BCUT2D eigenvalue weighted by molar-refractivity contribution is 0.185. The topological polar surface area (TPSA) is 78.3 Å². The Hall–Kier alpha value is -2.46. The number of hydrogen-bond donors (Lipinski definition) is 1. The van der Waals surface area contributed by atoms with Crippen LogP contribution < -0.4 is 5.32 Å². The molecule has 1 aliphatic rings. The zero-order chi connectivity index (χ0) is 24.1. The predicted molar refractivity (Wildman–Crippen MR) is 134 cm³/mol. The van der Waals surface area contributed by atoms with Crippen molar-refractivity contribution in [2.75, 3.05) is 44.9 Å². The smallest absolute Gasteiger partial charge is 0.324 e. The average molecular weight is 486 g/mol. The van der Waals surface area contributed by atoms with E-state index in [2.05, 4.69) is 22.1 Å². The first-order chi connectivity index (χ1) is 16.5. The number of nitrogens with zero attached hydrogens (tertiary/aromatic N) is 4. The second kappa shape index (κ2) is 11.3. The van der Waals surface area contributed by atoms with Gasteiger partial charge in [-0.25, -0.2) is 9.37 Å². The summed E-state index contributed by atoms with van der Waals surface area (Å²) in [6.07, 6.45) is 5.80. The van der Waals surface area contributed by atoms with E-state index in [0.29, 0.717) is 30.0 Å². The van der Waals surface area contributed by atoms with Crippen molar-refractivity contribution in [3.05, 3.63) is 48.4 Å². The molecule has 9 heteroatoms. The molecule has 7 nitrogen and oxygen atoms in total. The van der Waals surface area contributed by atoms with Gasteiger partial charge in [-0.15, -0.1) is 0 Å². The Bertz CT molecular complexity index is 1090. The molecule has 1 aliphatic heterocycles. The molecule has 34 heavy (non-hydrogen) atoms. The van der Waals surface area contributed by atoms with Crippen molar-refractivity contribution in [1.82, 2.24) is 19.4 Å². The van der Waals surface area contributed by atoms with Gasteiger partial charge < -0.3 is 14.6 Å². The molecule has 3 aromatic rings. The van der Waals surface area contributed by atoms with Gasteiger partial charge in [-0.05, 0) is 62.3 Å². The Morgan fingerprint density at radius 2 is 2.03 bits per heavy atom. The number of pyridine rings is 1. The third kappa shape index (κ3) is 5.43. The van der Waals surface area contributed by atoms with Crippen LogP contribution >= 0.6 is 0 Å². The fourth-order valence-corrected chi connectivity index (χ4v) is 5.30. The quantitative estimate of drug-likeness (QED) is 0.437. The molecule has 2 aromatic heterocycles. The van der Waals surface area contributed by atoms with Gasteiger partial charge in [0.05, 0.1) is 18.8 Å². The molecule has 182 valence electrons. The lowest BCUT2D eigenvalue weighted by atomic mass is 10.1. The van der Waals surface area contributed by atoms with Crippen molar-refractivity contribution in [2.45, 2.75) is 37.5 Å². The number of hydrogen-bond acceptors (Lipinski definition) is 6. The molecule has 3 heterocycles. The van der Waals surface area contributed by atoms with Gasteiger partial charge in [-0.1, -0.05) is 6.92 Å². The molecule has 0 aliphatic carbocycles. The van der Waals surface area contributed by atoms with Crippen molar-refractivity contribution in [2.24, 2.45) is 0 Å². The number of likely N-dealkylation sites (tertiary alicyclic amines) is 1. The highest BCUT2D eigenvalue weighted by molar-refractivity contribution is 7.90. The maximum Gasteiger partial charge on any atom is 0.324 e. The molecule has 1 saturated heterocycles. The monoisotopic (exact) mass is 485 g/mol. The van der Waals surface area contributed by atoms with Gasteiger partial charge >= 0.3 is 5.16 Å². The SMILES string of the molecule is CCN1CCCC1CNc1cc(-c2c(-c3ccc(F)cc3)nc([S+](C)[O-])n2CCOC)ccn1. The van der Waals surface area contributed by atoms with Crippen LogP contribution in [-0.4, -0.2) is 69.6 Å². The van der Waals surface area contributed by atoms with E-state index in [4.69, 9.17) is 9.72 Å². The minimum Gasteiger partial charge on any atom is -0.609 e. The molecule has 1 fully saturated rings. The van der Waals surface area contributed by atoms with E-state index >= 15 is 0 Å². The zero-order valence-electron chi connectivity index (χ0n) is 20.0. The molecular weight excluding hydrogens is 453 g/mol. The van der Waals surface area contributed by atoms with Gasteiger partial charge in [0.15, 0.2) is 0 Å². The van der Waals surface area contributed by atoms with Gasteiger partial charge in [0.1, 0.15) is 23.6 Å².